The number of benzene rings is 1. The minimum atomic E-state index is 0.132. The first-order chi connectivity index (χ1) is 7.27. The maximum absolute atomic E-state index is 6.07. The summed E-state index contributed by atoms with van der Waals surface area (Å²) in [5, 5.41) is 0. The van der Waals surface area contributed by atoms with Crippen LogP contribution in [0.5, 0.6) is 5.75 Å². The molecule has 0 radical (unpaired) electrons. The largest absolute Gasteiger partial charge is 0.497 e. The lowest BCUT2D eigenvalue weighted by atomic mass is 10.1. The van der Waals surface area contributed by atoms with Crippen molar-refractivity contribution < 1.29 is 4.74 Å². The van der Waals surface area contributed by atoms with Crippen LogP contribution in [0, 0.1) is 0 Å². The molecule has 0 saturated heterocycles. The molecule has 0 amide bonds. The zero-order chi connectivity index (χ0) is 11.1. The number of hydrogen-bond acceptors (Lipinski definition) is 3. The van der Waals surface area contributed by atoms with Gasteiger partial charge < -0.3 is 10.5 Å². The van der Waals surface area contributed by atoms with E-state index in [0.717, 1.165) is 11.5 Å². The predicted octanol–water partition coefficient (Wildman–Crippen LogP) is 2.84. The van der Waals surface area contributed by atoms with Crippen molar-refractivity contribution in [2.24, 2.45) is 5.73 Å². The molecule has 1 aromatic carbocycles. The lowest BCUT2D eigenvalue weighted by molar-refractivity contribution is 0.414. The van der Waals surface area contributed by atoms with Gasteiger partial charge in [-0.15, -0.1) is 0 Å². The van der Waals surface area contributed by atoms with E-state index in [0.29, 0.717) is 0 Å². The third-order valence-electron chi connectivity index (χ3n) is 2.19. The lowest BCUT2D eigenvalue weighted by Crippen LogP contribution is -2.13. The van der Waals surface area contributed by atoms with Crippen LogP contribution in [0.15, 0.2) is 24.3 Å². The molecule has 0 saturated carbocycles. The predicted molar refractivity (Wildman–Crippen MR) is 67.5 cm³/mol. The first-order valence-electron chi connectivity index (χ1n) is 5.25. The fourth-order valence-electron chi connectivity index (χ4n) is 1.30. The average Bonchev–Trinajstić information content (AvgIpc) is 2.29. The molecule has 1 rings (SSSR count). The second-order valence-electron chi connectivity index (χ2n) is 3.45. The molecule has 0 aliphatic heterocycles. The van der Waals surface area contributed by atoms with Gasteiger partial charge in [-0.1, -0.05) is 19.1 Å². The fraction of sp³-hybridized carbons (Fsp3) is 0.500. The first kappa shape index (κ1) is 12.4. The Balaban J connectivity index is 2.46. The SMILES string of the molecule is CCCSCC(N)c1ccc(OC)cc1. The molecule has 0 aliphatic carbocycles. The third-order valence-corrected chi connectivity index (χ3v) is 3.48. The normalized spacial score (nSPS) is 12.5. The Labute approximate surface area is 96.2 Å². The van der Waals surface area contributed by atoms with E-state index in [1.54, 1.807) is 7.11 Å². The molecule has 0 bridgehead atoms. The summed E-state index contributed by atoms with van der Waals surface area (Å²) >= 11 is 1.91. The minimum absolute atomic E-state index is 0.132. The second-order valence-corrected chi connectivity index (χ2v) is 4.60. The number of nitrogens with two attached hydrogens (primary N) is 1. The van der Waals surface area contributed by atoms with E-state index < -0.39 is 0 Å². The molecule has 0 aromatic heterocycles. The van der Waals surface area contributed by atoms with Crippen LogP contribution in [0.3, 0.4) is 0 Å². The summed E-state index contributed by atoms with van der Waals surface area (Å²) in [7, 11) is 1.67. The number of hydrogen-bond donors (Lipinski definition) is 1. The molecule has 3 heteroatoms. The topological polar surface area (TPSA) is 35.2 Å². The molecule has 1 atom stereocenters. The number of thioether (sulfide) groups is 1. The molecule has 15 heavy (non-hydrogen) atoms. The van der Waals surface area contributed by atoms with E-state index >= 15 is 0 Å². The summed E-state index contributed by atoms with van der Waals surface area (Å²) in [5.41, 5.74) is 7.25. The highest BCUT2D eigenvalue weighted by atomic mass is 32.2. The molecule has 0 heterocycles. The maximum Gasteiger partial charge on any atom is 0.118 e. The van der Waals surface area contributed by atoms with Crippen molar-refractivity contribution in [1.29, 1.82) is 0 Å². The zero-order valence-corrected chi connectivity index (χ0v) is 10.2. The highest BCUT2D eigenvalue weighted by molar-refractivity contribution is 7.99. The first-order valence-corrected chi connectivity index (χ1v) is 6.40. The van der Waals surface area contributed by atoms with E-state index in [2.05, 4.69) is 6.92 Å². The molecule has 1 unspecified atom stereocenters. The Morgan fingerprint density at radius 1 is 1.33 bits per heavy atom. The molecule has 2 N–H and O–H groups in total. The van der Waals surface area contributed by atoms with E-state index in [1.165, 1.54) is 17.7 Å². The summed E-state index contributed by atoms with van der Waals surface area (Å²) < 4.78 is 5.10. The highest BCUT2D eigenvalue weighted by Gasteiger charge is 2.05. The van der Waals surface area contributed by atoms with Crippen molar-refractivity contribution in [3.8, 4) is 5.75 Å². The second kappa shape index (κ2) is 6.75. The van der Waals surface area contributed by atoms with Gasteiger partial charge in [-0.05, 0) is 29.9 Å². The van der Waals surface area contributed by atoms with Crippen LogP contribution in [0.4, 0.5) is 0 Å². The van der Waals surface area contributed by atoms with Crippen molar-refractivity contribution in [2.75, 3.05) is 18.6 Å². The van der Waals surface area contributed by atoms with Crippen LogP contribution in [0.25, 0.3) is 0 Å². The van der Waals surface area contributed by atoms with Gasteiger partial charge in [0.05, 0.1) is 7.11 Å². The molecule has 84 valence electrons. The highest BCUT2D eigenvalue weighted by Crippen LogP contribution is 2.19. The Morgan fingerprint density at radius 3 is 2.53 bits per heavy atom. The number of rotatable bonds is 6. The Hall–Kier alpha value is -0.670. The van der Waals surface area contributed by atoms with Crippen molar-refractivity contribution in [3.05, 3.63) is 29.8 Å². The van der Waals surface area contributed by atoms with Gasteiger partial charge >= 0.3 is 0 Å². The van der Waals surface area contributed by atoms with E-state index in [4.69, 9.17) is 10.5 Å². The van der Waals surface area contributed by atoms with Gasteiger partial charge in [-0.2, -0.15) is 11.8 Å². The smallest absolute Gasteiger partial charge is 0.118 e. The van der Waals surface area contributed by atoms with Crippen molar-refractivity contribution in [3.63, 3.8) is 0 Å². The summed E-state index contributed by atoms with van der Waals surface area (Å²) in [6.07, 6.45) is 1.21. The maximum atomic E-state index is 6.07. The molecule has 0 aliphatic rings. The third kappa shape index (κ3) is 4.14. The van der Waals surface area contributed by atoms with Gasteiger partial charge in [0.15, 0.2) is 0 Å². The van der Waals surface area contributed by atoms with E-state index in [9.17, 15) is 0 Å². The van der Waals surface area contributed by atoms with Gasteiger partial charge in [0.25, 0.3) is 0 Å². The van der Waals surface area contributed by atoms with Crippen LogP contribution in [-0.4, -0.2) is 18.6 Å². The lowest BCUT2D eigenvalue weighted by Gasteiger charge is -2.11. The molecule has 1 aromatic rings. The van der Waals surface area contributed by atoms with Gasteiger partial charge in [0.2, 0.25) is 0 Å². The molecular weight excluding hydrogens is 206 g/mol. The van der Waals surface area contributed by atoms with Gasteiger partial charge in [0, 0.05) is 11.8 Å². The summed E-state index contributed by atoms with van der Waals surface area (Å²) in [4.78, 5) is 0. The van der Waals surface area contributed by atoms with Crippen LogP contribution in [-0.2, 0) is 0 Å². The zero-order valence-electron chi connectivity index (χ0n) is 9.40. The Kier molecular flexibility index (Phi) is 5.58. The van der Waals surface area contributed by atoms with Crippen molar-refractivity contribution >= 4 is 11.8 Å². The van der Waals surface area contributed by atoms with Crippen LogP contribution in [0.2, 0.25) is 0 Å². The molecular formula is C12H19NOS. The summed E-state index contributed by atoms with van der Waals surface area (Å²) in [6.45, 7) is 2.19. The monoisotopic (exact) mass is 225 g/mol. The quantitative estimate of drug-likeness (QED) is 0.756. The average molecular weight is 225 g/mol. The van der Waals surface area contributed by atoms with Crippen molar-refractivity contribution in [2.45, 2.75) is 19.4 Å². The van der Waals surface area contributed by atoms with Crippen LogP contribution in [0.1, 0.15) is 24.9 Å². The Bertz CT molecular complexity index is 273. The fourth-order valence-corrected chi connectivity index (χ4v) is 2.20. The minimum Gasteiger partial charge on any atom is -0.497 e. The van der Waals surface area contributed by atoms with Gasteiger partial charge in [0.1, 0.15) is 5.75 Å². The molecule has 0 spiro atoms. The molecule has 2 nitrogen and oxygen atoms in total. The summed E-state index contributed by atoms with van der Waals surface area (Å²) in [6, 6.07) is 8.12. The van der Waals surface area contributed by atoms with E-state index in [1.807, 2.05) is 36.0 Å². The van der Waals surface area contributed by atoms with Crippen LogP contribution < -0.4 is 10.5 Å². The standard InChI is InChI=1S/C12H19NOS/c1-3-8-15-9-12(13)10-4-6-11(14-2)7-5-10/h4-7,12H,3,8-9,13H2,1-2H3. The van der Waals surface area contributed by atoms with Gasteiger partial charge in [-0.25, -0.2) is 0 Å². The van der Waals surface area contributed by atoms with Crippen LogP contribution >= 0.6 is 11.8 Å². The molecule has 0 fully saturated rings. The number of ether oxygens (including phenoxy) is 1. The van der Waals surface area contributed by atoms with Crippen molar-refractivity contribution in [1.82, 2.24) is 0 Å². The van der Waals surface area contributed by atoms with E-state index in [-0.39, 0.29) is 6.04 Å². The summed E-state index contributed by atoms with van der Waals surface area (Å²) in [5.74, 6) is 3.05. The number of methoxy groups -OCH3 is 1. The Morgan fingerprint density at radius 2 is 2.00 bits per heavy atom. The van der Waals surface area contributed by atoms with Gasteiger partial charge in [-0.3, -0.25) is 0 Å².